The Balaban J connectivity index is 2.12. The Morgan fingerprint density at radius 2 is 2.10 bits per heavy atom. The van der Waals surface area contributed by atoms with Crippen molar-refractivity contribution >= 4 is 17.7 Å². The third-order valence-electron chi connectivity index (χ3n) is 2.65. The molecule has 2 aromatic rings. The summed E-state index contributed by atoms with van der Waals surface area (Å²) in [6.45, 7) is 0. The minimum atomic E-state index is -1.13. The second-order valence-electron chi connectivity index (χ2n) is 4.12. The molecule has 3 nitrogen and oxygen atoms in total. The van der Waals surface area contributed by atoms with Gasteiger partial charge in [-0.05, 0) is 42.0 Å². The van der Waals surface area contributed by atoms with Crippen LogP contribution < -0.4 is 4.74 Å². The highest BCUT2D eigenvalue weighted by Crippen LogP contribution is 2.26. The lowest BCUT2D eigenvalue weighted by Crippen LogP contribution is -1.98. The van der Waals surface area contributed by atoms with Gasteiger partial charge in [-0.15, -0.1) is 11.8 Å². The summed E-state index contributed by atoms with van der Waals surface area (Å²) in [5.74, 6) is -0.422. The van der Waals surface area contributed by atoms with Crippen molar-refractivity contribution in [2.45, 2.75) is 10.6 Å². The number of thioether (sulfide) groups is 1. The van der Waals surface area contributed by atoms with E-state index in [2.05, 4.69) is 0 Å². The fourth-order valence-corrected chi connectivity index (χ4v) is 2.59. The molecule has 0 aliphatic heterocycles. The smallest absolute Gasteiger partial charge is 0.335 e. The molecule has 0 amide bonds. The molecule has 1 N–H and O–H groups in total. The monoisotopic (exact) mass is 292 g/mol. The normalized spacial score (nSPS) is 10.3. The van der Waals surface area contributed by atoms with Gasteiger partial charge in [0.2, 0.25) is 0 Å². The number of halogens is 1. The van der Waals surface area contributed by atoms with Crippen molar-refractivity contribution in [2.24, 2.45) is 0 Å². The molecule has 0 radical (unpaired) electrons. The fourth-order valence-electron chi connectivity index (χ4n) is 1.71. The van der Waals surface area contributed by atoms with Gasteiger partial charge in [0.1, 0.15) is 11.6 Å². The molecule has 5 heteroatoms. The minimum absolute atomic E-state index is 0.0359. The summed E-state index contributed by atoms with van der Waals surface area (Å²) in [4.78, 5) is 11.9. The Morgan fingerprint density at radius 3 is 2.80 bits per heavy atom. The lowest BCUT2D eigenvalue weighted by atomic mass is 10.1. The van der Waals surface area contributed by atoms with Gasteiger partial charge in [0.05, 0.1) is 12.7 Å². The van der Waals surface area contributed by atoms with E-state index in [1.54, 1.807) is 7.11 Å². The van der Waals surface area contributed by atoms with Crippen molar-refractivity contribution in [3.63, 3.8) is 0 Å². The fraction of sp³-hybridized carbons (Fsp3) is 0.133. The van der Waals surface area contributed by atoms with Gasteiger partial charge in [0.15, 0.2) is 0 Å². The number of benzene rings is 2. The maximum absolute atomic E-state index is 13.3. The first-order chi connectivity index (χ1) is 9.58. The van der Waals surface area contributed by atoms with E-state index in [-0.39, 0.29) is 5.56 Å². The zero-order valence-corrected chi connectivity index (χ0v) is 11.6. The summed E-state index contributed by atoms with van der Waals surface area (Å²) in [5, 5.41) is 8.90. The van der Waals surface area contributed by atoms with E-state index in [1.165, 1.54) is 23.9 Å². The number of hydrogen-bond donors (Lipinski definition) is 1. The van der Waals surface area contributed by atoms with Crippen LogP contribution in [-0.4, -0.2) is 18.2 Å². The summed E-state index contributed by atoms with van der Waals surface area (Å²) < 4.78 is 18.5. The highest BCUT2D eigenvalue weighted by atomic mass is 32.2. The molecule has 0 spiro atoms. The first kappa shape index (κ1) is 14.4. The molecule has 20 heavy (non-hydrogen) atoms. The van der Waals surface area contributed by atoms with Crippen LogP contribution in [0.4, 0.5) is 4.39 Å². The highest BCUT2D eigenvalue weighted by molar-refractivity contribution is 7.98. The van der Waals surface area contributed by atoms with Crippen LogP contribution in [0.3, 0.4) is 0 Å². The molecule has 0 saturated carbocycles. The molecular formula is C15H13FO3S. The highest BCUT2D eigenvalue weighted by Gasteiger charge is 2.07. The van der Waals surface area contributed by atoms with Crippen LogP contribution in [0.15, 0.2) is 47.4 Å². The summed E-state index contributed by atoms with van der Waals surface area (Å²) >= 11 is 1.49. The average Bonchev–Trinajstić information content (AvgIpc) is 2.44. The Morgan fingerprint density at radius 1 is 1.30 bits per heavy atom. The zero-order chi connectivity index (χ0) is 14.5. The topological polar surface area (TPSA) is 46.5 Å². The number of aromatic carboxylic acids is 1. The number of rotatable bonds is 5. The van der Waals surface area contributed by atoms with Crippen molar-refractivity contribution < 1.29 is 19.0 Å². The summed E-state index contributed by atoms with van der Waals surface area (Å²) in [5.41, 5.74) is 0.599. The van der Waals surface area contributed by atoms with Gasteiger partial charge in [-0.3, -0.25) is 0 Å². The van der Waals surface area contributed by atoms with Crippen molar-refractivity contribution in [3.05, 3.63) is 59.4 Å². The van der Waals surface area contributed by atoms with Gasteiger partial charge in [-0.1, -0.05) is 6.07 Å². The second kappa shape index (κ2) is 6.43. The summed E-state index contributed by atoms with van der Waals surface area (Å²) in [6.07, 6.45) is 0. The van der Waals surface area contributed by atoms with E-state index in [4.69, 9.17) is 9.84 Å². The Labute approximate surface area is 120 Å². The van der Waals surface area contributed by atoms with Crippen molar-refractivity contribution in [2.75, 3.05) is 7.11 Å². The van der Waals surface area contributed by atoms with E-state index in [1.807, 2.05) is 24.3 Å². The van der Waals surface area contributed by atoms with Crippen molar-refractivity contribution in [1.82, 2.24) is 0 Å². The van der Waals surface area contributed by atoms with E-state index in [0.29, 0.717) is 11.3 Å². The Kier molecular flexibility index (Phi) is 4.63. The van der Waals surface area contributed by atoms with Crippen LogP contribution in [0.2, 0.25) is 0 Å². The zero-order valence-electron chi connectivity index (χ0n) is 10.8. The van der Waals surface area contributed by atoms with Crippen LogP contribution in [0.25, 0.3) is 0 Å². The van der Waals surface area contributed by atoms with E-state index in [0.717, 1.165) is 16.7 Å². The van der Waals surface area contributed by atoms with Gasteiger partial charge < -0.3 is 9.84 Å². The van der Waals surface area contributed by atoms with Crippen LogP contribution in [0, 0.1) is 5.82 Å². The molecule has 104 valence electrons. The number of ether oxygens (including phenoxy) is 1. The number of methoxy groups -OCH3 is 1. The maximum Gasteiger partial charge on any atom is 0.335 e. The molecule has 2 rings (SSSR count). The van der Waals surface area contributed by atoms with Crippen molar-refractivity contribution in [3.8, 4) is 5.75 Å². The number of carbonyl (C=O) groups is 1. The molecule has 0 fully saturated rings. The lowest BCUT2D eigenvalue weighted by Gasteiger charge is -2.06. The SMILES string of the molecule is COc1cccc(SCc2cc(F)cc(C(=O)O)c2)c1. The van der Waals surface area contributed by atoms with E-state index in [9.17, 15) is 9.18 Å². The molecular weight excluding hydrogens is 279 g/mol. The summed E-state index contributed by atoms with van der Waals surface area (Å²) in [7, 11) is 1.59. The van der Waals surface area contributed by atoms with Gasteiger partial charge in [0.25, 0.3) is 0 Å². The molecule has 0 aromatic heterocycles. The van der Waals surface area contributed by atoms with E-state index >= 15 is 0 Å². The molecule has 0 bridgehead atoms. The predicted molar refractivity (Wildman–Crippen MR) is 75.9 cm³/mol. The van der Waals surface area contributed by atoms with E-state index < -0.39 is 11.8 Å². The molecule has 2 aromatic carbocycles. The average molecular weight is 292 g/mol. The first-order valence-electron chi connectivity index (χ1n) is 5.88. The maximum atomic E-state index is 13.3. The predicted octanol–water partition coefficient (Wildman–Crippen LogP) is 3.82. The summed E-state index contributed by atoms with van der Waals surface area (Å²) in [6, 6.07) is 11.4. The number of hydrogen-bond acceptors (Lipinski definition) is 3. The Bertz CT molecular complexity index is 628. The van der Waals surface area contributed by atoms with Gasteiger partial charge in [-0.25, -0.2) is 9.18 Å². The molecule has 0 aliphatic carbocycles. The second-order valence-corrected chi connectivity index (χ2v) is 5.17. The number of carboxylic acid groups (broad SMARTS) is 1. The molecule has 0 unspecified atom stereocenters. The van der Waals surface area contributed by atoms with Crippen molar-refractivity contribution in [1.29, 1.82) is 0 Å². The molecule has 0 saturated heterocycles. The molecule has 0 atom stereocenters. The van der Waals surface area contributed by atoms with Crippen LogP contribution in [-0.2, 0) is 5.75 Å². The quantitative estimate of drug-likeness (QED) is 0.851. The number of carboxylic acids is 1. The van der Waals surface area contributed by atoms with Crippen LogP contribution in [0.5, 0.6) is 5.75 Å². The van der Waals surface area contributed by atoms with Gasteiger partial charge >= 0.3 is 5.97 Å². The third-order valence-corrected chi connectivity index (χ3v) is 3.72. The third kappa shape index (κ3) is 3.74. The minimum Gasteiger partial charge on any atom is -0.497 e. The van der Waals surface area contributed by atoms with Gasteiger partial charge in [0, 0.05) is 10.6 Å². The van der Waals surface area contributed by atoms with Crippen LogP contribution >= 0.6 is 11.8 Å². The largest absolute Gasteiger partial charge is 0.497 e. The lowest BCUT2D eigenvalue weighted by molar-refractivity contribution is 0.0696. The Hall–Kier alpha value is -2.01. The molecule has 0 aliphatic rings. The molecule has 0 heterocycles. The van der Waals surface area contributed by atoms with Gasteiger partial charge in [-0.2, -0.15) is 0 Å². The van der Waals surface area contributed by atoms with Crippen LogP contribution in [0.1, 0.15) is 15.9 Å². The first-order valence-corrected chi connectivity index (χ1v) is 6.86. The standard InChI is InChI=1S/C15H13FO3S/c1-19-13-3-2-4-14(8-13)20-9-10-5-11(15(17)18)7-12(16)6-10/h2-8H,9H2,1H3,(H,17,18).